The predicted molar refractivity (Wildman–Crippen MR) is 128 cm³/mol. The first-order chi connectivity index (χ1) is 12.7. The first kappa shape index (κ1) is 19.6. The molecule has 5 fully saturated rings. The van der Waals surface area contributed by atoms with E-state index in [0.717, 1.165) is 11.8 Å². The SMILES string of the molecule is C[Si]1(C)C2C3CCCCC3CC2[Si](C)(C)[Si](C)(C)C2CC3CCCCC3C21. The van der Waals surface area contributed by atoms with Crippen LogP contribution in [-0.2, 0) is 0 Å². The largest absolute Gasteiger partial charge is 0.0711 e. The van der Waals surface area contributed by atoms with Gasteiger partial charge in [-0.15, -0.1) is 0 Å². The van der Waals surface area contributed by atoms with E-state index in [1.54, 1.807) is 64.2 Å². The van der Waals surface area contributed by atoms with Crippen molar-refractivity contribution in [3.8, 4) is 0 Å². The summed E-state index contributed by atoms with van der Waals surface area (Å²) >= 11 is 0. The standard InChI is InChI=1S/C24H46Si3/c1-25(2)23-19-13-9-7-11-17(19)15-21(23)26(3,4)27(5,6)22-16-18-12-8-10-14-20(18)24(22)25/h17-24H,7-16H2,1-6H3. The molecule has 0 aromatic heterocycles. The molecule has 8 atom stereocenters. The van der Waals surface area contributed by atoms with Gasteiger partial charge in [0.05, 0.1) is 8.07 Å². The maximum absolute atomic E-state index is 2.95. The van der Waals surface area contributed by atoms with Crippen LogP contribution in [0.4, 0.5) is 0 Å². The van der Waals surface area contributed by atoms with Crippen molar-refractivity contribution in [2.75, 3.05) is 0 Å². The van der Waals surface area contributed by atoms with Crippen LogP contribution in [0.25, 0.3) is 0 Å². The molecule has 154 valence electrons. The van der Waals surface area contributed by atoms with E-state index in [2.05, 4.69) is 39.3 Å². The lowest BCUT2D eigenvalue weighted by atomic mass is 9.81. The fourth-order valence-corrected chi connectivity index (χ4v) is 35.8. The highest BCUT2D eigenvalue weighted by Crippen LogP contribution is 2.74. The molecule has 27 heavy (non-hydrogen) atoms. The topological polar surface area (TPSA) is 0 Å². The molecular formula is C24H46Si3. The quantitative estimate of drug-likeness (QED) is 0.348. The molecule has 0 aromatic rings. The maximum atomic E-state index is 2.95. The summed E-state index contributed by atoms with van der Waals surface area (Å²) in [5, 5.41) is 0. The van der Waals surface area contributed by atoms with Crippen molar-refractivity contribution in [3.05, 3.63) is 0 Å². The smallest absolute Gasteiger partial charge is 0.0541 e. The van der Waals surface area contributed by atoms with Crippen LogP contribution in [0.1, 0.15) is 64.2 Å². The second-order valence-electron chi connectivity index (χ2n) is 13.4. The Labute approximate surface area is 172 Å². The van der Waals surface area contributed by atoms with Gasteiger partial charge in [0.1, 0.15) is 0 Å². The van der Waals surface area contributed by atoms with Crippen molar-refractivity contribution < 1.29 is 0 Å². The van der Waals surface area contributed by atoms with E-state index in [4.69, 9.17) is 0 Å². The lowest BCUT2D eigenvalue weighted by Crippen LogP contribution is -2.59. The Kier molecular flexibility index (Phi) is 4.59. The summed E-state index contributed by atoms with van der Waals surface area (Å²) in [5.41, 5.74) is 4.90. The molecule has 0 N–H and O–H groups in total. The fourth-order valence-electron chi connectivity index (χ4n) is 10.4. The summed E-state index contributed by atoms with van der Waals surface area (Å²) in [5.74, 6) is 4.64. The second kappa shape index (κ2) is 6.33. The van der Waals surface area contributed by atoms with Crippen LogP contribution in [0.15, 0.2) is 0 Å². The monoisotopic (exact) mass is 418 g/mol. The third kappa shape index (κ3) is 2.55. The first-order valence-corrected chi connectivity index (χ1v) is 23.0. The zero-order valence-corrected chi connectivity index (χ0v) is 22.2. The molecule has 0 bridgehead atoms. The van der Waals surface area contributed by atoms with Crippen molar-refractivity contribution in [1.29, 1.82) is 0 Å². The molecule has 1 heterocycles. The summed E-state index contributed by atoms with van der Waals surface area (Å²) < 4.78 is 0. The average Bonchev–Trinajstić information content (AvgIpc) is 3.20. The van der Waals surface area contributed by atoms with Crippen molar-refractivity contribution in [2.45, 2.75) is 126 Å². The van der Waals surface area contributed by atoms with Crippen molar-refractivity contribution >= 4 is 23.3 Å². The van der Waals surface area contributed by atoms with E-state index in [1.165, 1.54) is 34.0 Å². The highest BCUT2D eigenvalue weighted by Gasteiger charge is 2.69. The lowest BCUT2D eigenvalue weighted by Gasteiger charge is -2.47. The Morgan fingerprint density at radius 1 is 0.519 bits per heavy atom. The van der Waals surface area contributed by atoms with E-state index >= 15 is 0 Å². The summed E-state index contributed by atoms with van der Waals surface area (Å²) in [6.45, 7) is 17.6. The Morgan fingerprint density at radius 3 is 1.30 bits per heavy atom. The van der Waals surface area contributed by atoms with Crippen molar-refractivity contribution in [3.63, 3.8) is 0 Å². The highest BCUT2D eigenvalue weighted by molar-refractivity contribution is 7.42. The highest BCUT2D eigenvalue weighted by atomic mass is 29.3. The van der Waals surface area contributed by atoms with Crippen molar-refractivity contribution in [2.24, 2.45) is 23.7 Å². The molecular weight excluding hydrogens is 373 g/mol. The van der Waals surface area contributed by atoms with Crippen LogP contribution in [0.5, 0.6) is 0 Å². The van der Waals surface area contributed by atoms with Crippen molar-refractivity contribution in [1.82, 2.24) is 0 Å². The van der Waals surface area contributed by atoms with Crippen LogP contribution in [0, 0.1) is 23.7 Å². The third-order valence-electron chi connectivity index (χ3n) is 12.1. The van der Waals surface area contributed by atoms with Gasteiger partial charge in [0, 0.05) is 15.2 Å². The third-order valence-corrected chi connectivity index (χ3v) is 38.2. The predicted octanol–water partition coefficient (Wildman–Crippen LogP) is 8.10. The van der Waals surface area contributed by atoms with E-state index in [-0.39, 0.29) is 0 Å². The van der Waals surface area contributed by atoms with E-state index in [0.29, 0.717) is 0 Å². The van der Waals surface area contributed by atoms with E-state index < -0.39 is 23.3 Å². The molecule has 4 saturated carbocycles. The van der Waals surface area contributed by atoms with Gasteiger partial charge in [0.15, 0.2) is 0 Å². The molecule has 0 spiro atoms. The van der Waals surface area contributed by atoms with Gasteiger partial charge in [-0.3, -0.25) is 0 Å². The molecule has 5 rings (SSSR count). The number of hydrogen-bond donors (Lipinski definition) is 0. The molecule has 5 aliphatic rings. The average molecular weight is 419 g/mol. The van der Waals surface area contributed by atoms with Gasteiger partial charge < -0.3 is 0 Å². The summed E-state index contributed by atoms with van der Waals surface area (Å²) in [6, 6.07) is 0. The molecule has 0 nitrogen and oxygen atoms in total. The molecule has 0 amide bonds. The molecule has 1 saturated heterocycles. The van der Waals surface area contributed by atoms with Crippen LogP contribution in [0.3, 0.4) is 0 Å². The molecule has 8 unspecified atom stereocenters. The summed E-state index contributed by atoms with van der Waals surface area (Å²) in [6.07, 6.45) is 16.1. The zero-order valence-electron chi connectivity index (χ0n) is 19.2. The first-order valence-electron chi connectivity index (χ1n) is 12.7. The number of fused-ring (bicyclic) bond motifs is 6. The van der Waals surface area contributed by atoms with Crippen LogP contribution in [0.2, 0.25) is 61.4 Å². The Hall–Kier alpha value is 0.651. The minimum Gasteiger partial charge on any atom is -0.0711 e. The minimum atomic E-state index is -1.23. The molecule has 3 heteroatoms. The number of rotatable bonds is 0. The molecule has 0 radical (unpaired) electrons. The van der Waals surface area contributed by atoms with Gasteiger partial charge in [0.2, 0.25) is 0 Å². The van der Waals surface area contributed by atoms with Gasteiger partial charge in [0.25, 0.3) is 0 Å². The summed E-state index contributed by atoms with van der Waals surface area (Å²) in [7, 11) is -3.53. The summed E-state index contributed by atoms with van der Waals surface area (Å²) in [4.78, 5) is 0. The van der Waals surface area contributed by atoms with E-state index in [9.17, 15) is 0 Å². The van der Waals surface area contributed by atoms with Crippen LogP contribution in [-0.4, -0.2) is 23.3 Å². The maximum Gasteiger partial charge on any atom is 0.0541 e. The van der Waals surface area contributed by atoms with E-state index in [1.807, 2.05) is 0 Å². The minimum absolute atomic E-state index is 1.15. The molecule has 4 aliphatic carbocycles. The molecule has 0 aromatic carbocycles. The van der Waals surface area contributed by atoms with Gasteiger partial charge in [-0.1, -0.05) is 90.6 Å². The molecule has 1 aliphatic heterocycles. The van der Waals surface area contributed by atoms with Gasteiger partial charge in [-0.2, -0.15) is 0 Å². The Morgan fingerprint density at radius 2 is 0.889 bits per heavy atom. The normalized spacial score (nSPS) is 52.2. The van der Waals surface area contributed by atoms with Gasteiger partial charge in [-0.05, 0) is 58.7 Å². The van der Waals surface area contributed by atoms with Gasteiger partial charge >= 0.3 is 0 Å². The lowest BCUT2D eigenvalue weighted by molar-refractivity contribution is 0.263. The zero-order chi connectivity index (χ0) is 19.2. The van der Waals surface area contributed by atoms with Gasteiger partial charge in [-0.25, -0.2) is 0 Å². The number of hydrogen-bond acceptors (Lipinski definition) is 0. The van der Waals surface area contributed by atoms with Crippen LogP contribution < -0.4 is 0 Å². The van der Waals surface area contributed by atoms with Crippen LogP contribution >= 0.6 is 0 Å². The Bertz CT molecular complexity index is 544. The second-order valence-corrected chi connectivity index (χ2v) is 34.5. The Balaban J connectivity index is 1.64. The fraction of sp³-hybridized carbons (Fsp3) is 1.00.